The van der Waals surface area contributed by atoms with Crippen molar-refractivity contribution in [2.45, 2.75) is 30.3 Å². The third kappa shape index (κ3) is 2.43. The first-order valence-corrected chi connectivity index (χ1v) is 6.12. The van der Waals surface area contributed by atoms with E-state index in [1.54, 1.807) is 11.8 Å². The monoisotopic (exact) mass is 242 g/mol. The molecule has 86 valence electrons. The van der Waals surface area contributed by atoms with Gasteiger partial charge in [0.1, 0.15) is 17.4 Å². The summed E-state index contributed by atoms with van der Waals surface area (Å²) in [7, 11) is 0. The van der Waals surface area contributed by atoms with E-state index in [2.05, 4.69) is 0 Å². The SMILES string of the molecule is CC1SC(Cc2cc(F)ccc2F)CC1=O. The highest BCUT2D eigenvalue weighted by Crippen LogP contribution is 2.33. The highest BCUT2D eigenvalue weighted by Gasteiger charge is 2.30. The molecule has 0 bridgehead atoms. The smallest absolute Gasteiger partial charge is 0.146 e. The van der Waals surface area contributed by atoms with Crippen LogP contribution in [0.3, 0.4) is 0 Å². The van der Waals surface area contributed by atoms with Crippen LogP contribution in [0.5, 0.6) is 0 Å². The lowest BCUT2D eigenvalue weighted by Gasteiger charge is -2.09. The molecule has 2 rings (SSSR count). The molecule has 16 heavy (non-hydrogen) atoms. The summed E-state index contributed by atoms with van der Waals surface area (Å²) in [6.07, 6.45) is 0.881. The molecule has 1 nitrogen and oxygen atoms in total. The van der Waals surface area contributed by atoms with Gasteiger partial charge in [-0.2, -0.15) is 0 Å². The predicted molar refractivity (Wildman–Crippen MR) is 60.5 cm³/mol. The van der Waals surface area contributed by atoms with Gasteiger partial charge in [0.15, 0.2) is 0 Å². The fraction of sp³-hybridized carbons (Fsp3) is 0.417. The highest BCUT2D eigenvalue weighted by molar-refractivity contribution is 8.01. The van der Waals surface area contributed by atoms with Gasteiger partial charge in [-0.15, -0.1) is 11.8 Å². The molecule has 1 heterocycles. The van der Waals surface area contributed by atoms with Gasteiger partial charge in [-0.1, -0.05) is 0 Å². The summed E-state index contributed by atoms with van der Waals surface area (Å²) >= 11 is 1.54. The zero-order valence-electron chi connectivity index (χ0n) is 8.87. The van der Waals surface area contributed by atoms with Crippen molar-refractivity contribution in [2.24, 2.45) is 0 Å². The molecule has 0 amide bonds. The molecule has 1 aromatic rings. The van der Waals surface area contributed by atoms with E-state index in [0.29, 0.717) is 18.4 Å². The number of carbonyl (C=O) groups excluding carboxylic acids is 1. The van der Waals surface area contributed by atoms with Gasteiger partial charge in [0.2, 0.25) is 0 Å². The van der Waals surface area contributed by atoms with E-state index in [9.17, 15) is 13.6 Å². The second-order valence-corrected chi connectivity index (χ2v) is 5.66. The van der Waals surface area contributed by atoms with Crippen LogP contribution >= 0.6 is 11.8 Å². The maximum atomic E-state index is 13.4. The molecule has 0 aromatic heterocycles. The standard InChI is InChI=1S/C12H12F2OS/c1-7-12(15)6-10(16-7)5-8-4-9(13)2-3-11(8)14/h2-4,7,10H,5-6H2,1H3. The van der Waals surface area contributed by atoms with Gasteiger partial charge < -0.3 is 0 Å². The first-order valence-electron chi connectivity index (χ1n) is 5.18. The molecule has 0 N–H and O–H groups in total. The minimum absolute atomic E-state index is 0.0124. The maximum absolute atomic E-state index is 13.4. The topological polar surface area (TPSA) is 17.1 Å². The van der Waals surface area contributed by atoms with Crippen molar-refractivity contribution in [3.05, 3.63) is 35.4 Å². The van der Waals surface area contributed by atoms with Gasteiger partial charge in [-0.05, 0) is 37.1 Å². The van der Waals surface area contributed by atoms with Crippen molar-refractivity contribution >= 4 is 17.5 Å². The molecular weight excluding hydrogens is 230 g/mol. The largest absolute Gasteiger partial charge is 0.298 e. The van der Waals surface area contributed by atoms with E-state index >= 15 is 0 Å². The third-order valence-electron chi connectivity index (χ3n) is 2.73. The van der Waals surface area contributed by atoms with Crippen LogP contribution in [0.2, 0.25) is 0 Å². The number of halogens is 2. The molecule has 1 fully saturated rings. The Morgan fingerprint density at radius 3 is 2.81 bits per heavy atom. The molecule has 0 saturated carbocycles. The summed E-state index contributed by atoms with van der Waals surface area (Å²) in [5, 5.41) is 0.0698. The summed E-state index contributed by atoms with van der Waals surface area (Å²) in [5.74, 6) is -0.625. The van der Waals surface area contributed by atoms with Crippen molar-refractivity contribution in [3.8, 4) is 0 Å². The molecule has 0 radical (unpaired) electrons. The Morgan fingerprint density at radius 2 is 2.19 bits per heavy atom. The number of hydrogen-bond donors (Lipinski definition) is 0. The molecule has 4 heteroatoms. The molecule has 0 aliphatic carbocycles. The van der Waals surface area contributed by atoms with E-state index in [4.69, 9.17) is 0 Å². The van der Waals surface area contributed by atoms with Crippen LogP contribution in [0.25, 0.3) is 0 Å². The molecule has 0 spiro atoms. The van der Waals surface area contributed by atoms with Crippen LogP contribution < -0.4 is 0 Å². The third-order valence-corrected chi connectivity index (χ3v) is 4.12. The predicted octanol–water partition coefficient (Wildman–Crippen LogP) is 2.97. The average Bonchev–Trinajstić information content (AvgIpc) is 2.52. The van der Waals surface area contributed by atoms with Crippen LogP contribution in [-0.4, -0.2) is 16.3 Å². The Kier molecular flexibility index (Phi) is 3.28. The summed E-state index contributed by atoms with van der Waals surface area (Å²) < 4.78 is 26.3. The van der Waals surface area contributed by atoms with E-state index in [-0.39, 0.29) is 16.3 Å². The van der Waals surface area contributed by atoms with Crippen molar-refractivity contribution in [3.63, 3.8) is 0 Å². The second-order valence-electron chi connectivity index (χ2n) is 4.01. The van der Waals surface area contributed by atoms with Gasteiger partial charge in [0.25, 0.3) is 0 Å². The summed E-state index contributed by atoms with van der Waals surface area (Å²) in [6.45, 7) is 1.86. The zero-order chi connectivity index (χ0) is 11.7. The molecule has 2 atom stereocenters. The van der Waals surface area contributed by atoms with Crippen LogP contribution in [0, 0.1) is 11.6 Å². The molecule has 1 aromatic carbocycles. The highest BCUT2D eigenvalue weighted by atomic mass is 32.2. The van der Waals surface area contributed by atoms with Crippen LogP contribution in [0.1, 0.15) is 18.9 Å². The van der Waals surface area contributed by atoms with Gasteiger partial charge in [-0.3, -0.25) is 4.79 Å². The van der Waals surface area contributed by atoms with Crippen molar-refractivity contribution in [2.75, 3.05) is 0 Å². The van der Waals surface area contributed by atoms with Gasteiger partial charge in [0.05, 0.1) is 5.25 Å². The van der Waals surface area contributed by atoms with E-state index in [1.807, 2.05) is 6.92 Å². The van der Waals surface area contributed by atoms with Gasteiger partial charge >= 0.3 is 0 Å². The summed E-state index contributed by atoms with van der Waals surface area (Å²) in [4.78, 5) is 11.3. The van der Waals surface area contributed by atoms with Crippen molar-refractivity contribution in [1.29, 1.82) is 0 Å². The Hall–Kier alpha value is -0.900. The Balaban J connectivity index is 2.10. The van der Waals surface area contributed by atoms with Crippen LogP contribution in [0.4, 0.5) is 8.78 Å². The summed E-state index contributed by atoms with van der Waals surface area (Å²) in [5.41, 5.74) is 0.361. The first kappa shape index (κ1) is 11.6. The van der Waals surface area contributed by atoms with E-state index in [1.165, 1.54) is 6.07 Å². The normalized spacial score (nSPS) is 25.1. The Bertz CT molecular complexity index is 419. The lowest BCUT2D eigenvalue weighted by molar-refractivity contribution is -0.117. The van der Waals surface area contributed by atoms with E-state index in [0.717, 1.165) is 12.1 Å². The van der Waals surface area contributed by atoms with Gasteiger partial charge in [-0.25, -0.2) is 8.78 Å². The second kappa shape index (κ2) is 4.53. The number of Topliss-reactive ketones (excluding diaryl/α,β-unsaturated/α-hetero) is 1. The number of benzene rings is 1. The number of ketones is 1. The summed E-state index contributed by atoms with van der Waals surface area (Å²) in [6, 6.07) is 3.45. The lowest BCUT2D eigenvalue weighted by Crippen LogP contribution is -2.06. The van der Waals surface area contributed by atoms with E-state index < -0.39 is 11.6 Å². The Morgan fingerprint density at radius 1 is 1.44 bits per heavy atom. The molecule has 2 unspecified atom stereocenters. The molecule has 1 saturated heterocycles. The molecule has 1 aliphatic rings. The lowest BCUT2D eigenvalue weighted by atomic mass is 10.1. The van der Waals surface area contributed by atoms with Crippen LogP contribution in [-0.2, 0) is 11.2 Å². The maximum Gasteiger partial charge on any atom is 0.146 e. The minimum atomic E-state index is -0.432. The van der Waals surface area contributed by atoms with Crippen molar-refractivity contribution in [1.82, 2.24) is 0 Å². The number of thioether (sulfide) groups is 1. The zero-order valence-corrected chi connectivity index (χ0v) is 9.69. The van der Waals surface area contributed by atoms with Crippen LogP contribution in [0.15, 0.2) is 18.2 Å². The molecular formula is C12H12F2OS. The van der Waals surface area contributed by atoms with Crippen molar-refractivity contribution < 1.29 is 13.6 Å². The Labute approximate surface area is 97.2 Å². The fourth-order valence-electron chi connectivity index (χ4n) is 1.87. The first-order chi connectivity index (χ1) is 7.56. The number of carbonyl (C=O) groups is 1. The number of hydrogen-bond acceptors (Lipinski definition) is 2. The van der Waals surface area contributed by atoms with Gasteiger partial charge in [0, 0.05) is 11.7 Å². The number of rotatable bonds is 2. The minimum Gasteiger partial charge on any atom is -0.298 e. The molecule has 1 aliphatic heterocycles. The average molecular weight is 242 g/mol. The fourth-order valence-corrected chi connectivity index (χ4v) is 3.23. The quantitative estimate of drug-likeness (QED) is 0.793.